The monoisotopic (exact) mass is 311 g/mol. The van der Waals surface area contributed by atoms with Crippen molar-refractivity contribution in [1.29, 1.82) is 0 Å². The van der Waals surface area contributed by atoms with E-state index in [-0.39, 0.29) is 5.56 Å². The second-order valence-electron chi connectivity index (χ2n) is 3.43. The lowest BCUT2D eigenvalue weighted by molar-refractivity contribution is 0.0698. The van der Waals surface area contributed by atoms with Crippen LogP contribution < -0.4 is 5.32 Å². The van der Waals surface area contributed by atoms with Crippen molar-refractivity contribution in [2.75, 3.05) is 5.32 Å². The highest BCUT2D eigenvalue weighted by Crippen LogP contribution is 2.22. The zero-order chi connectivity index (χ0) is 12.3. The van der Waals surface area contributed by atoms with Crippen molar-refractivity contribution in [3.8, 4) is 0 Å². The Morgan fingerprint density at radius 1 is 1.41 bits per heavy atom. The predicted octanol–water partition coefficient (Wildman–Crippen LogP) is 3.82. The Morgan fingerprint density at radius 3 is 2.88 bits per heavy atom. The molecule has 17 heavy (non-hydrogen) atoms. The van der Waals surface area contributed by atoms with Gasteiger partial charge in [0.15, 0.2) is 0 Å². The summed E-state index contributed by atoms with van der Waals surface area (Å²) >= 11 is 4.91. The Bertz CT molecular complexity index is 525. The molecule has 0 atom stereocenters. The van der Waals surface area contributed by atoms with Gasteiger partial charge in [-0.25, -0.2) is 4.79 Å². The largest absolute Gasteiger partial charge is 0.478 e. The topological polar surface area (TPSA) is 49.3 Å². The minimum Gasteiger partial charge on any atom is -0.478 e. The maximum absolute atomic E-state index is 11.1. The lowest BCUT2D eigenvalue weighted by Crippen LogP contribution is -2.05. The van der Waals surface area contributed by atoms with Crippen LogP contribution in [-0.4, -0.2) is 11.1 Å². The Morgan fingerprint density at radius 2 is 2.24 bits per heavy atom. The SMILES string of the molecule is O=C(O)c1cc(Br)ccc1NCc1cccs1. The summed E-state index contributed by atoms with van der Waals surface area (Å²) in [4.78, 5) is 12.2. The van der Waals surface area contributed by atoms with Crippen molar-refractivity contribution >= 4 is 38.9 Å². The van der Waals surface area contributed by atoms with E-state index in [0.717, 1.165) is 4.47 Å². The van der Waals surface area contributed by atoms with Gasteiger partial charge in [-0.15, -0.1) is 11.3 Å². The van der Waals surface area contributed by atoms with E-state index in [1.54, 1.807) is 23.5 Å². The molecule has 1 aromatic carbocycles. The van der Waals surface area contributed by atoms with Gasteiger partial charge in [0.2, 0.25) is 0 Å². The van der Waals surface area contributed by atoms with Gasteiger partial charge in [0.05, 0.1) is 5.56 Å². The zero-order valence-electron chi connectivity index (χ0n) is 8.81. The van der Waals surface area contributed by atoms with Crippen molar-refractivity contribution in [2.45, 2.75) is 6.54 Å². The third-order valence-electron chi connectivity index (χ3n) is 2.25. The van der Waals surface area contributed by atoms with Crippen molar-refractivity contribution in [2.24, 2.45) is 0 Å². The van der Waals surface area contributed by atoms with Crippen LogP contribution in [0.1, 0.15) is 15.2 Å². The van der Waals surface area contributed by atoms with Crippen molar-refractivity contribution in [3.05, 3.63) is 50.6 Å². The van der Waals surface area contributed by atoms with Crippen molar-refractivity contribution < 1.29 is 9.90 Å². The molecule has 0 amide bonds. The number of benzene rings is 1. The van der Waals surface area contributed by atoms with E-state index in [1.807, 2.05) is 23.6 Å². The molecule has 3 nitrogen and oxygen atoms in total. The van der Waals surface area contributed by atoms with E-state index in [4.69, 9.17) is 5.11 Å². The summed E-state index contributed by atoms with van der Waals surface area (Å²) in [6.07, 6.45) is 0. The maximum atomic E-state index is 11.1. The number of carboxylic acid groups (broad SMARTS) is 1. The molecule has 0 fully saturated rings. The number of thiophene rings is 1. The number of carbonyl (C=O) groups is 1. The summed E-state index contributed by atoms with van der Waals surface area (Å²) in [7, 11) is 0. The molecule has 2 N–H and O–H groups in total. The van der Waals surface area contributed by atoms with Crippen LogP contribution in [0.2, 0.25) is 0 Å². The fourth-order valence-electron chi connectivity index (χ4n) is 1.44. The zero-order valence-corrected chi connectivity index (χ0v) is 11.2. The normalized spacial score (nSPS) is 10.2. The van der Waals surface area contributed by atoms with Gasteiger partial charge in [0.25, 0.3) is 0 Å². The van der Waals surface area contributed by atoms with Crippen LogP contribution in [0.15, 0.2) is 40.2 Å². The highest BCUT2D eigenvalue weighted by molar-refractivity contribution is 9.10. The number of anilines is 1. The summed E-state index contributed by atoms with van der Waals surface area (Å²) in [6.45, 7) is 0.638. The number of halogens is 1. The van der Waals surface area contributed by atoms with Gasteiger partial charge in [0, 0.05) is 21.6 Å². The van der Waals surface area contributed by atoms with Crippen LogP contribution in [0.4, 0.5) is 5.69 Å². The van der Waals surface area contributed by atoms with Gasteiger partial charge in [-0.1, -0.05) is 22.0 Å². The van der Waals surface area contributed by atoms with E-state index >= 15 is 0 Å². The van der Waals surface area contributed by atoms with Gasteiger partial charge in [-0.05, 0) is 29.6 Å². The molecule has 0 radical (unpaired) electrons. The van der Waals surface area contributed by atoms with Crippen LogP contribution in [0.5, 0.6) is 0 Å². The highest BCUT2D eigenvalue weighted by atomic mass is 79.9. The number of rotatable bonds is 4. The standard InChI is InChI=1S/C12H10BrNO2S/c13-8-3-4-11(10(6-8)12(15)16)14-7-9-2-1-5-17-9/h1-6,14H,7H2,(H,15,16). The third-order valence-corrected chi connectivity index (χ3v) is 3.61. The average molecular weight is 312 g/mol. The molecule has 5 heteroatoms. The molecule has 0 spiro atoms. The molecule has 0 saturated carbocycles. The predicted molar refractivity (Wildman–Crippen MR) is 72.7 cm³/mol. The molecule has 1 aromatic heterocycles. The highest BCUT2D eigenvalue weighted by Gasteiger charge is 2.10. The molecule has 0 bridgehead atoms. The maximum Gasteiger partial charge on any atom is 0.337 e. The van der Waals surface area contributed by atoms with Gasteiger partial charge in [-0.2, -0.15) is 0 Å². The molecule has 0 saturated heterocycles. The molecule has 1 heterocycles. The van der Waals surface area contributed by atoms with E-state index in [2.05, 4.69) is 21.2 Å². The fourth-order valence-corrected chi connectivity index (χ4v) is 2.45. The summed E-state index contributed by atoms with van der Waals surface area (Å²) in [5.74, 6) is -0.931. The van der Waals surface area contributed by atoms with Crippen LogP contribution in [0.3, 0.4) is 0 Å². The second kappa shape index (κ2) is 5.33. The average Bonchev–Trinajstić information content (AvgIpc) is 2.80. The number of nitrogens with one attached hydrogen (secondary N) is 1. The molecule has 0 aliphatic rings. The quantitative estimate of drug-likeness (QED) is 0.902. The molecule has 88 valence electrons. The van der Waals surface area contributed by atoms with E-state index in [0.29, 0.717) is 12.2 Å². The summed E-state index contributed by atoms with van der Waals surface area (Å²) in [6, 6.07) is 9.17. The number of aromatic carboxylic acids is 1. The van der Waals surface area contributed by atoms with E-state index in [1.165, 1.54) is 4.88 Å². The van der Waals surface area contributed by atoms with Gasteiger partial charge < -0.3 is 10.4 Å². The number of hydrogen-bond donors (Lipinski definition) is 2. The first-order valence-electron chi connectivity index (χ1n) is 4.96. The summed E-state index contributed by atoms with van der Waals surface area (Å²) < 4.78 is 0.761. The number of hydrogen-bond acceptors (Lipinski definition) is 3. The fraction of sp³-hybridized carbons (Fsp3) is 0.0833. The third kappa shape index (κ3) is 3.08. The minimum atomic E-state index is -0.931. The van der Waals surface area contributed by atoms with Crippen LogP contribution in [0, 0.1) is 0 Å². The Kier molecular flexibility index (Phi) is 3.81. The first-order valence-corrected chi connectivity index (χ1v) is 6.63. The van der Waals surface area contributed by atoms with Crippen molar-refractivity contribution in [1.82, 2.24) is 0 Å². The van der Waals surface area contributed by atoms with E-state index < -0.39 is 5.97 Å². The summed E-state index contributed by atoms with van der Waals surface area (Å²) in [5, 5.41) is 14.2. The Balaban J connectivity index is 2.17. The molecule has 2 rings (SSSR count). The molecule has 0 aliphatic carbocycles. The Hall–Kier alpha value is -1.33. The van der Waals surface area contributed by atoms with Crippen LogP contribution in [-0.2, 0) is 6.54 Å². The van der Waals surface area contributed by atoms with Crippen LogP contribution >= 0.6 is 27.3 Å². The molecule has 0 aliphatic heterocycles. The minimum absolute atomic E-state index is 0.274. The molecular weight excluding hydrogens is 302 g/mol. The summed E-state index contributed by atoms with van der Waals surface area (Å²) in [5.41, 5.74) is 0.907. The van der Waals surface area contributed by atoms with Gasteiger partial charge >= 0.3 is 5.97 Å². The Labute approximate surface area is 111 Å². The molecular formula is C12H10BrNO2S. The van der Waals surface area contributed by atoms with Crippen molar-refractivity contribution in [3.63, 3.8) is 0 Å². The number of carboxylic acids is 1. The molecule has 2 aromatic rings. The smallest absolute Gasteiger partial charge is 0.337 e. The van der Waals surface area contributed by atoms with Gasteiger partial charge in [-0.3, -0.25) is 0 Å². The lowest BCUT2D eigenvalue weighted by atomic mass is 10.2. The van der Waals surface area contributed by atoms with E-state index in [9.17, 15) is 4.79 Å². The van der Waals surface area contributed by atoms with Crippen LogP contribution in [0.25, 0.3) is 0 Å². The second-order valence-corrected chi connectivity index (χ2v) is 5.38. The molecule has 0 unspecified atom stereocenters. The first-order chi connectivity index (χ1) is 8.16. The lowest BCUT2D eigenvalue weighted by Gasteiger charge is -2.08. The van der Waals surface area contributed by atoms with Gasteiger partial charge in [0.1, 0.15) is 0 Å². The first kappa shape index (κ1) is 12.1.